The smallest absolute Gasteiger partial charge is 0.264 e. The van der Waals surface area contributed by atoms with Gasteiger partial charge in [0.2, 0.25) is 6.10 Å². The van der Waals surface area contributed by atoms with Crippen LogP contribution in [0.4, 0.5) is 0 Å². The highest BCUT2D eigenvalue weighted by molar-refractivity contribution is 6.05. The van der Waals surface area contributed by atoms with Gasteiger partial charge in [-0.15, -0.1) is 0 Å². The van der Waals surface area contributed by atoms with Gasteiger partial charge in [0.15, 0.2) is 0 Å². The van der Waals surface area contributed by atoms with Crippen molar-refractivity contribution in [2.24, 2.45) is 5.16 Å². The molecule has 5 nitrogen and oxygen atoms in total. The molecule has 0 fully saturated rings. The van der Waals surface area contributed by atoms with Gasteiger partial charge in [0.1, 0.15) is 5.75 Å². The van der Waals surface area contributed by atoms with E-state index in [4.69, 9.17) is 9.57 Å². The number of carbonyl (C=O) groups excluding carboxylic acids is 1. The van der Waals surface area contributed by atoms with E-state index in [1.54, 1.807) is 7.11 Å². The van der Waals surface area contributed by atoms with Crippen molar-refractivity contribution in [1.82, 2.24) is 5.32 Å². The van der Waals surface area contributed by atoms with Crippen LogP contribution < -0.4 is 10.1 Å². The summed E-state index contributed by atoms with van der Waals surface area (Å²) in [7, 11) is 1.62. The summed E-state index contributed by atoms with van der Waals surface area (Å²) in [6, 6.07) is 7.59. The Morgan fingerprint density at radius 1 is 1.50 bits per heavy atom. The lowest BCUT2D eigenvalue weighted by molar-refractivity contribution is -0.131. The molecule has 1 amide bonds. The maximum atomic E-state index is 11.9. The molecule has 0 bridgehead atoms. The summed E-state index contributed by atoms with van der Waals surface area (Å²) in [4.78, 5) is 17.1. The maximum Gasteiger partial charge on any atom is 0.264 e. The molecule has 0 radical (unpaired) electrons. The topological polar surface area (TPSA) is 59.9 Å². The number of hydrogen-bond acceptors (Lipinski definition) is 4. The molecule has 108 valence electrons. The standard InChI is InChI=1S/C15H20N2O3/c1-3-4-9-16-15(18)14-10-12(17-20-14)11-7-5-6-8-13(11)19-2/h5-8,14H,3-4,9-10H2,1-2H3,(H,16,18). The lowest BCUT2D eigenvalue weighted by Crippen LogP contribution is -2.35. The molecule has 0 aromatic heterocycles. The Labute approximate surface area is 118 Å². The van der Waals surface area contributed by atoms with E-state index in [0.717, 1.165) is 29.9 Å². The second kappa shape index (κ2) is 6.93. The molecule has 0 saturated carbocycles. The molecule has 1 heterocycles. The Morgan fingerprint density at radius 3 is 3.05 bits per heavy atom. The average Bonchev–Trinajstić information content (AvgIpc) is 2.97. The molecule has 1 aromatic carbocycles. The average molecular weight is 276 g/mol. The number of benzene rings is 1. The van der Waals surface area contributed by atoms with Gasteiger partial charge < -0.3 is 14.9 Å². The molecule has 0 spiro atoms. The van der Waals surface area contributed by atoms with Crippen LogP contribution in [-0.4, -0.2) is 31.4 Å². The van der Waals surface area contributed by atoms with Crippen molar-refractivity contribution in [2.45, 2.75) is 32.3 Å². The number of unbranched alkanes of at least 4 members (excludes halogenated alkanes) is 1. The maximum absolute atomic E-state index is 11.9. The van der Waals surface area contributed by atoms with Gasteiger partial charge in [-0.25, -0.2) is 0 Å². The zero-order valence-electron chi connectivity index (χ0n) is 11.9. The largest absolute Gasteiger partial charge is 0.496 e. The van der Waals surface area contributed by atoms with Gasteiger partial charge in [-0.2, -0.15) is 0 Å². The number of oxime groups is 1. The molecule has 1 unspecified atom stereocenters. The molecule has 0 aliphatic carbocycles. The Hall–Kier alpha value is -2.04. The molecule has 0 saturated heterocycles. The van der Waals surface area contributed by atoms with Gasteiger partial charge in [-0.05, 0) is 18.6 Å². The van der Waals surface area contributed by atoms with E-state index < -0.39 is 6.10 Å². The van der Waals surface area contributed by atoms with Crippen molar-refractivity contribution in [1.29, 1.82) is 0 Å². The first-order valence-electron chi connectivity index (χ1n) is 6.90. The fraction of sp³-hybridized carbons (Fsp3) is 0.467. The molecular formula is C15H20N2O3. The minimum Gasteiger partial charge on any atom is -0.496 e. The van der Waals surface area contributed by atoms with Crippen molar-refractivity contribution < 1.29 is 14.4 Å². The third-order valence-electron chi connectivity index (χ3n) is 3.21. The van der Waals surface area contributed by atoms with E-state index in [0.29, 0.717) is 13.0 Å². The monoisotopic (exact) mass is 276 g/mol. The van der Waals surface area contributed by atoms with E-state index in [2.05, 4.69) is 17.4 Å². The Bertz CT molecular complexity index is 500. The van der Waals surface area contributed by atoms with Gasteiger partial charge in [0, 0.05) is 18.5 Å². The lowest BCUT2D eigenvalue weighted by atomic mass is 10.0. The predicted molar refractivity (Wildman–Crippen MR) is 76.9 cm³/mol. The van der Waals surface area contributed by atoms with Crippen LogP contribution in [0.2, 0.25) is 0 Å². The predicted octanol–water partition coefficient (Wildman–Crippen LogP) is 2.10. The van der Waals surface area contributed by atoms with Crippen LogP contribution >= 0.6 is 0 Å². The van der Waals surface area contributed by atoms with Crippen molar-refractivity contribution >= 4 is 11.6 Å². The van der Waals surface area contributed by atoms with Crippen LogP contribution in [0.3, 0.4) is 0 Å². The van der Waals surface area contributed by atoms with Gasteiger partial charge in [-0.3, -0.25) is 4.79 Å². The molecule has 1 aliphatic rings. The molecule has 1 atom stereocenters. The fourth-order valence-electron chi connectivity index (χ4n) is 2.06. The number of methoxy groups -OCH3 is 1. The Morgan fingerprint density at radius 2 is 2.30 bits per heavy atom. The number of nitrogens with zero attached hydrogens (tertiary/aromatic N) is 1. The molecule has 1 aromatic rings. The normalized spacial score (nSPS) is 17.3. The summed E-state index contributed by atoms with van der Waals surface area (Å²) < 4.78 is 5.30. The molecule has 1 N–H and O–H groups in total. The number of carbonyl (C=O) groups is 1. The molecule has 20 heavy (non-hydrogen) atoms. The summed E-state index contributed by atoms with van der Waals surface area (Å²) in [5.41, 5.74) is 1.62. The van der Waals surface area contributed by atoms with Crippen LogP contribution in [0, 0.1) is 0 Å². The van der Waals surface area contributed by atoms with Crippen LogP contribution in [0.15, 0.2) is 29.4 Å². The summed E-state index contributed by atoms with van der Waals surface area (Å²) in [5, 5.41) is 6.88. The highest BCUT2D eigenvalue weighted by atomic mass is 16.6. The van der Waals surface area contributed by atoms with Gasteiger partial charge in [0.25, 0.3) is 5.91 Å². The quantitative estimate of drug-likeness (QED) is 0.809. The molecule has 1 aliphatic heterocycles. The summed E-state index contributed by atoms with van der Waals surface area (Å²) in [6.45, 7) is 2.76. The number of hydrogen-bond donors (Lipinski definition) is 1. The molecular weight excluding hydrogens is 256 g/mol. The van der Waals surface area contributed by atoms with Gasteiger partial charge >= 0.3 is 0 Å². The zero-order chi connectivity index (χ0) is 14.4. The van der Waals surface area contributed by atoms with E-state index in [-0.39, 0.29) is 5.91 Å². The van der Waals surface area contributed by atoms with E-state index in [9.17, 15) is 4.79 Å². The Kier molecular flexibility index (Phi) is 4.98. The van der Waals surface area contributed by atoms with Gasteiger partial charge in [-0.1, -0.05) is 30.6 Å². The minimum absolute atomic E-state index is 0.105. The third-order valence-corrected chi connectivity index (χ3v) is 3.21. The summed E-state index contributed by atoms with van der Waals surface area (Å²) in [6.07, 6.45) is 1.96. The van der Waals surface area contributed by atoms with Crippen LogP contribution in [0.25, 0.3) is 0 Å². The first kappa shape index (κ1) is 14.4. The first-order valence-corrected chi connectivity index (χ1v) is 6.90. The van der Waals surface area contributed by atoms with Crippen LogP contribution in [-0.2, 0) is 9.63 Å². The highest BCUT2D eigenvalue weighted by Gasteiger charge is 2.29. The molecule has 5 heteroatoms. The highest BCUT2D eigenvalue weighted by Crippen LogP contribution is 2.24. The number of para-hydroxylation sites is 1. The fourth-order valence-corrected chi connectivity index (χ4v) is 2.06. The first-order chi connectivity index (χ1) is 9.76. The number of nitrogens with one attached hydrogen (secondary N) is 1. The summed E-state index contributed by atoms with van der Waals surface area (Å²) in [5.74, 6) is 0.633. The number of ether oxygens (including phenoxy) is 1. The lowest BCUT2D eigenvalue weighted by Gasteiger charge is -2.09. The van der Waals surface area contributed by atoms with Crippen LogP contribution in [0.5, 0.6) is 5.75 Å². The zero-order valence-corrected chi connectivity index (χ0v) is 11.9. The second-order valence-electron chi connectivity index (χ2n) is 4.68. The minimum atomic E-state index is -0.535. The van der Waals surface area contributed by atoms with Crippen molar-refractivity contribution in [2.75, 3.05) is 13.7 Å². The number of rotatable bonds is 6. The summed E-state index contributed by atoms with van der Waals surface area (Å²) >= 11 is 0. The van der Waals surface area contributed by atoms with Crippen molar-refractivity contribution in [3.8, 4) is 5.75 Å². The van der Waals surface area contributed by atoms with E-state index >= 15 is 0 Å². The van der Waals surface area contributed by atoms with Gasteiger partial charge in [0.05, 0.1) is 12.8 Å². The van der Waals surface area contributed by atoms with E-state index in [1.165, 1.54) is 0 Å². The SMILES string of the molecule is CCCCNC(=O)C1CC(c2ccccc2OC)=NO1. The van der Waals surface area contributed by atoms with Crippen molar-refractivity contribution in [3.63, 3.8) is 0 Å². The van der Waals surface area contributed by atoms with Crippen LogP contribution in [0.1, 0.15) is 31.7 Å². The van der Waals surface area contributed by atoms with E-state index in [1.807, 2.05) is 24.3 Å². The Balaban J connectivity index is 1.96. The third kappa shape index (κ3) is 3.29. The molecule has 2 rings (SSSR count). The second-order valence-corrected chi connectivity index (χ2v) is 4.68. The van der Waals surface area contributed by atoms with Crippen molar-refractivity contribution in [3.05, 3.63) is 29.8 Å². The number of amides is 1.